The zero-order chi connectivity index (χ0) is 25.5. The van der Waals surface area contributed by atoms with Crippen molar-refractivity contribution in [1.29, 1.82) is 0 Å². The van der Waals surface area contributed by atoms with E-state index in [4.69, 9.17) is 16.3 Å². The van der Waals surface area contributed by atoms with Gasteiger partial charge in [-0.15, -0.1) is 0 Å². The van der Waals surface area contributed by atoms with E-state index in [-0.39, 0.29) is 40.1 Å². The predicted molar refractivity (Wildman–Crippen MR) is 132 cm³/mol. The van der Waals surface area contributed by atoms with Gasteiger partial charge in [0.1, 0.15) is 5.75 Å². The number of anilines is 1. The number of benzene rings is 2. The summed E-state index contributed by atoms with van der Waals surface area (Å²) >= 11 is 5.85. The number of halogens is 1. The fourth-order valence-corrected chi connectivity index (χ4v) is 5.32. The molecule has 0 aromatic heterocycles. The van der Waals surface area contributed by atoms with Gasteiger partial charge in [-0.1, -0.05) is 25.4 Å². The van der Waals surface area contributed by atoms with Crippen LogP contribution in [-0.4, -0.2) is 50.0 Å². The van der Waals surface area contributed by atoms with Crippen LogP contribution in [0.1, 0.15) is 26.7 Å². The van der Waals surface area contributed by atoms with Crippen molar-refractivity contribution in [2.45, 2.75) is 36.5 Å². The second-order valence-corrected chi connectivity index (χ2v) is 12.1. The zero-order valence-electron chi connectivity index (χ0n) is 19.5. The van der Waals surface area contributed by atoms with Crippen molar-refractivity contribution < 1.29 is 26.4 Å². The van der Waals surface area contributed by atoms with Crippen LogP contribution in [0.2, 0.25) is 5.02 Å². The maximum absolute atomic E-state index is 13.1. The van der Waals surface area contributed by atoms with Crippen molar-refractivity contribution in [3.8, 4) is 5.75 Å². The van der Waals surface area contributed by atoms with Crippen LogP contribution in [-0.2, 0) is 24.8 Å². The molecule has 0 aliphatic heterocycles. The number of amides is 1. The van der Waals surface area contributed by atoms with Gasteiger partial charge in [-0.3, -0.25) is 9.10 Å². The van der Waals surface area contributed by atoms with Gasteiger partial charge in [-0.25, -0.2) is 21.6 Å². The maximum Gasteiger partial charge on any atom is 0.264 e. The highest BCUT2D eigenvalue weighted by Crippen LogP contribution is 2.33. The molecule has 0 heterocycles. The smallest absolute Gasteiger partial charge is 0.264 e. The molecule has 0 unspecified atom stereocenters. The Morgan fingerprint density at radius 2 is 1.65 bits per heavy atom. The Morgan fingerprint density at radius 1 is 1.03 bits per heavy atom. The van der Waals surface area contributed by atoms with Gasteiger partial charge in [-0.2, -0.15) is 0 Å². The van der Waals surface area contributed by atoms with Gasteiger partial charge in [0.05, 0.1) is 22.6 Å². The third-order valence-electron chi connectivity index (χ3n) is 4.96. The van der Waals surface area contributed by atoms with Crippen molar-refractivity contribution in [3.63, 3.8) is 0 Å². The number of nitrogens with zero attached hydrogens (tertiary/aromatic N) is 1. The Morgan fingerprint density at radius 3 is 2.24 bits per heavy atom. The van der Waals surface area contributed by atoms with Crippen LogP contribution in [0.15, 0.2) is 52.3 Å². The fraction of sp³-hybridized carbons (Fsp3) is 0.409. The van der Waals surface area contributed by atoms with Crippen LogP contribution in [0, 0.1) is 5.92 Å². The van der Waals surface area contributed by atoms with Crippen molar-refractivity contribution in [2.75, 3.05) is 31.6 Å². The summed E-state index contributed by atoms with van der Waals surface area (Å²) < 4.78 is 60.3. The first kappa shape index (κ1) is 27.9. The Labute approximate surface area is 206 Å². The molecule has 0 aliphatic carbocycles. The van der Waals surface area contributed by atoms with Crippen molar-refractivity contribution in [2.24, 2.45) is 5.92 Å². The first-order valence-corrected chi connectivity index (χ1v) is 13.9. The van der Waals surface area contributed by atoms with E-state index in [1.54, 1.807) is 0 Å². The molecule has 2 aromatic rings. The molecule has 188 valence electrons. The third kappa shape index (κ3) is 7.33. The standard InChI is InChI=1S/C22H30ClN3O6S2/c1-16(2)11-13-24-22(27)12-14-25-33(28,29)19-9-10-21(32-4)20(15-19)26(3)34(30,31)18-7-5-17(23)6-8-18/h5-10,15-16,25H,11-14H2,1-4H3,(H,24,27). The molecule has 2 rings (SSSR count). The van der Waals surface area contributed by atoms with Gasteiger partial charge < -0.3 is 10.1 Å². The third-order valence-corrected chi connectivity index (χ3v) is 8.46. The van der Waals surface area contributed by atoms with Crippen molar-refractivity contribution in [3.05, 3.63) is 47.5 Å². The van der Waals surface area contributed by atoms with Crippen LogP contribution in [0.5, 0.6) is 5.75 Å². The number of nitrogens with one attached hydrogen (secondary N) is 2. The number of methoxy groups -OCH3 is 1. The van der Waals surface area contributed by atoms with E-state index in [0.29, 0.717) is 17.5 Å². The summed E-state index contributed by atoms with van der Waals surface area (Å²) in [5.74, 6) is 0.362. The molecule has 2 aromatic carbocycles. The summed E-state index contributed by atoms with van der Waals surface area (Å²) in [5.41, 5.74) is 0.0340. The minimum Gasteiger partial charge on any atom is -0.495 e. The van der Waals surface area contributed by atoms with E-state index in [9.17, 15) is 21.6 Å². The first-order chi connectivity index (χ1) is 15.9. The molecule has 0 saturated heterocycles. The predicted octanol–water partition coefficient (Wildman–Crippen LogP) is 3.00. The molecule has 1 amide bonds. The average molecular weight is 532 g/mol. The summed E-state index contributed by atoms with van der Waals surface area (Å²) in [6.45, 7) is 4.51. The van der Waals surface area contributed by atoms with Crippen LogP contribution in [0.25, 0.3) is 0 Å². The van der Waals surface area contributed by atoms with E-state index in [0.717, 1.165) is 10.7 Å². The van der Waals surface area contributed by atoms with Crippen LogP contribution < -0.4 is 19.1 Å². The van der Waals surface area contributed by atoms with Crippen LogP contribution >= 0.6 is 11.6 Å². The van der Waals surface area contributed by atoms with E-state index in [1.165, 1.54) is 56.6 Å². The lowest BCUT2D eigenvalue weighted by Crippen LogP contribution is -2.32. The summed E-state index contributed by atoms with van der Waals surface area (Å²) in [7, 11) is -5.38. The van der Waals surface area contributed by atoms with Gasteiger partial charge in [-0.05, 0) is 54.8 Å². The summed E-state index contributed by atoms with van der Waals surface area (Å²) in [5, 5.41) is 3.12. The molecular weight excluding hydrogens is 502 g/mol. The number of carbonyl (C=O) groups is 1. The van der Waals surface area contributed by atoms with Crippen LogP contribution in [0.3, 0.4) is 0 Å². The van der Waals surface area contributed by atoms with Gasteiger partial charge in [0, 0.05) is 31.6 Å². The molecule has 0 radical (unpaired) electrons. The second-order valence-electron chi connectivity index (χ2n) is 7.94. The lowest BCUT2D eigenvalue weighted by molar-refractivity contribution is -0.120. The Balaban J connectivity index is 2.20. The maximum atomic E-state index is 13.1. The minimum absolute atomic E-state index is 0.0173. The highest BCUT2D eigenvalue weighted by Gasteiger charge is 2.26. The quantitative estimate of drug-likeness (QED) is 0.434. The minimum atomic E-state index is -4.02. The molecule has 0 spiro atoms. The topological polar surface area (TPSA) is 122 Å². The van der Waals surface area contributed by atoms with Gasteiger partial charge in [0.15, 0.2) is 0 Å². The molecule has 0 bridgehead atoms. The largest absolute Gasteiger partial charge is 0.495 e. The number of hydrogen-bond donors (Lipinski definition) is 2. The highest BCUT2D eigenvalue weighted by atomic mass is 35.5. The summed E-state index contributed by atoms with van der Waals surface area (Å²) in [6.07, 6.45) is 0.809. The SMILES string of the molecule is COc1ccc(S(=O)(=O)NCCC(=O)NCCC(C)C)cc1N(C)S(=O)(=O)c1ccc(Cl)cc1. The fourth-order valence-electron chi connectivity index (χ4n) is 2.95. The molecular formula is C22H30ClN3O6S2. The molecule has 12 heteroatoms. The Hall–Kier alpha value is -2.34. The second kappa shape index (κ2) is 11.9. The summed E-state index contributed by atoms with van der Waals surface area (Å²) in [6, 6.07) is 9.49. The number of sulfonamides is 2. The van der Waals surface area contributed by atoms with E-state index < -0.39 is 20.0 Å². The molecule has 0 aliphatic rings. The average Bonchev–Trinajstić information content (AvgIpc) is 2.78. The molecule has 0 saturated carbocycles. The monoisotopic (exact) mass is 531 g/mol. The van der Waals surface area contributed by atoms with Gasteiger partial charge >= 0.3 is 0 Å². The number of carbonyl (C=O) groups excluding carboxylic acids is 1. The number of hydrogen-bond acceptors (Lipinski definition) is 6. The molecule has 2 N–H and O–H groups in total. The molecule has 34 heavy (non-hydrogen) atoms. The summed E-state index contributed by atoms with van der Waals surface area (Å²) in [4.78, 5) is 11.7. The van der Waals surface area contributed by atoms with Crippen molar-refractivity contribution in [1.82, 2.24) is 10.0 Å². The Kier molecular flexibility index (Phi) is 9.74. The number of rotatable bonds is 12. The van der Waals surface area contributed by atoms with Crippen molar-refractivity contribution >= 4 is 43.2 Å². The Bertz CT molecular complexity index is 1200. The molecule has 0 atom stereocenters. The lowest BCUT2D eigenvalue weighted by atomic mass is 10.1. The van der Waals surface area contributed by atoms with Gasteiger partial charge in [0.25, 0.3) is 10.0 Å². The normalized spacial score (nSPS) is 11.9. The zero-order valence-corrected chi connectivity index (χ0v) is 21.9. The first-order valence-electron chi connectivity index (χ1n) is 10.6. The van der Waals surface area contributed by atoms with E-state index in [2.05, 4.69) is 10.0 Å². The van der Waals surface area contributed by atoms with Gasteiger partial charge in [0.2, 0.25) is 15.9 Å². The lowest BCUT2D eigenvalue weighted by Gasteiger charge is -2.22. The van der Waals surface area contributed by atoms with Crippen LogP contribution in [0.4, 0.5) is 5.69 Å². The highest BCUT2D eigenvalue weighted by molar-refractivity contribution is 7.92. The molecule has 9 nitrogen and oxygen atoms in total. The van der Waals surface area contributed by atoms with E-state index in [1.807, 2.05) is 13.8 Å². The molecule has 0 fully saturated rings. The number of ether oxygens (including phenoxy) is 1. The van der Waals surface area contributed by atoms with E-state index >= 15 is 0 Å².